The molecule has 1 N–H and O–H groups in total. The van der Waals surface area contributed by atoms with Crippen LogP contribution < -0.4 is 0 Å². The quantitative estimate of drug-likeness (QED) is 0.206. The largest absolute Gasteiger partial charge is 0.481 e. The number of unbranched alkanes of at least 4 members (excludes halogenated alkanes) is 15. The summed E-state index contributed by atoms with van der Waals surface area (Å²) in [6.45, 7) is 4.48. The van der Waals surface area contributed by atoms with Crippen LogP contribution in [0.4, 0.5) is 0 Å². The van der Waals surface area contributed by atoms with Gasteiger partial charge in [-0.05, 0) is 12.3 Å². The first-order valence-electron chi connectivity index (χ1n) is 11.9. The molecule has 0 saturated heterocycles. The van der Waals surface area contributed by atoms with Crippen LogP contribution in [0.3, 0.4) is 0 Å². The molecule has 0 bridgehead atoms. The second-order valence-electron chi connectivity index (χ2n) is 8.30. The molecule has 0 fully saturated rings. The second kappa shape index (κ2) is 20.8. The molecule has 0 aromatic carbocycles. The summed E-state index contributed by atoms with van der Waals surface area (Å²) in [5.74, 6) is -0.0202. The van der Waals surface area contributed by atoms with Gasteiger partial charge in [0.2, 0.25) is 0 Å². The number of carboxylic acid groups (broad SMARTS) is 1. The van der Waals surface area contributed by atoms with Crippen molar-refractivity contribution < 1.29 is 9.90 Å². The maximum Gasteiger partial charge on any atom is 0.303 e. The molecule has 0 radical (unpaired) electrons. The topological polar surface area (TPSA) is 37.3 Å². The van der Waals surface area contributed by atoms with Crippen molar-refractivity contribution in [1.29, 1.82) is 0 Å². The highest BCUT2D eigenvalue weighted by atomic mass is 16.4. The van der Waals surface area contributed by atoms with E-state index in [1.54, 1.807) is 0 Å². The van der Waals surface area contributed by atoms with Gasteiger partial charge in [0.15, 0.2) is 0 Å². The van der Waals surface area contributed by atoms with Crippen LogP contribution in [0.2, 0.25) is 0 Å². The zero-order valence-electron chi connectivity index (χ0n) is 18.1. The van der Waals surface area contributed by atoms with Crippen molar-refractivity contribution in [2.24, 2.45) is 5.92 Å². The first kappa shape index (κ1) is 25.5. The lowest BCUT2D eigenvalue weighted by molar-refractivity contribution is -0.137. The second-order valence-corrected chi connectivity index (χ2v) is 8.30. The Morgan fingerprint density at radius 3 is 1.35 bits per heavy atom. The summed E-state index contributed by atoms with van der Waals surface area (Å²) in [6.07, 6.45) is 26.1. The Hall–Kier alpha value is -0.530. The third-order valence-electron chi connectivity index (χ3n) is 5.81. The highest BCUT2D eigenvalue weighted by Gasteiger charge is 2.08. The van der Waals surface area contributed by atoms with Crippen LogP contribution in [0, 0.1) is 5.92 Å². The van der Waals surface area contributed by atoms with E-state index in [0.717, 1.165) is 12.8 Å². The number of hydrogen-bond acceptors (Lipinski definition) is 1. The van der Waals surface area contributed by atoms with Gasteiger partial charge < -0.3 is 5.11 Å². The fourth-order valence-electron chi connectivity index (χ4n) is 3.86. The van der Waals surface area contributed by atoms with Crippen LogP contribution in [0.5, 0.6) is 0 Å². The molecule has 2 heteroatoms. The van der Waals surface area contributed by atoms with Crippen molar-refractivity contribution >= 4 is 5.97 Å². The molecule has 0 rings (SSSR count). The Bertz CT molecular complexity index is 288. The summed E-state index contributed by atoms with van der Waals surface area (Å²) in [5, 5.41) is 8.77. The first-order valence-corrected chi connectivity index (χ1v) is 11.9. The summed E-state index contributed by atoms with van der Waals surface area (Å²) in [7, 11) is 0. The minimum atomic E-state index is -0.643. The van der Waals surface area contributed by atoms with Crippen molar-refractivity contribution in [2.45, 2.75) is 142 Å². The van der Waals surface area contributed by atoms with Crippen LogP contribution in [-0.2, 0) is 4.79 Å². The van der Waals surface area contributed by atoms with Gasteiger partial charge in [-0.2, -0.15) is 0 Å². The molecule has 0 aromatic heterocycles. The molecule has 0 amide bonds. The number of hydrogen-bond donors (Lipinski definition) is 1. The Kier molecular flexibility index (Phi) is 20.4. The minimum Gasteiger partial charge on any atom is -0.481 e. The molecule has 2 nitrogen and oxygen atoms in total. The Labute approximate surface area is 164 Å². The maximum absolute atomic E-state index is 10.6. The maximum atomic E-state index is 10.6. The van der Waals surface area contributed by atoms with E-state index in [2.05, 4.69) is 13.8 Å². The van der Waals surface area contributed by atoms with E-state index in [1.165, 1.54) is 109 Å². The number of rotatable bonds is 21. The number of aliphatic carboxylic acids is 1. The molecule has 0 heterocycles. The van der Waals surface area contributed by atoms with E-state index in [9.17, 15) is 4.79 Å². The molecule has 0 aromatic rings. The first-order chi connectivity index (χ1) is 12.7. The molecule has 156 valence electrons. The van der Waals surface area contributed by atoms with Gasteiger partial charge in [0.1, 0.15) is 0 Å². The average Bonchev–Trinajstić information content (AvgIpc) is 2.63. The smallest absolute Gasteiger partial charge is 0.303 e. The van der Waals surface area contributed by atoms with Gasteiger partial charge in [0.25, 0.3) is 0 Å². The van der Waals surface area contributed by atoms with Gasteiger partial charge in [-0.1, -0.05) is 129 Å². The van der Waals surface area contributed by atoms with Gasteiger partial charge in [-0.25, -0.2) is 0 Å². The van der Waals surface area contributed by atoms with Gasteiger partial charge in [0, 0.05) is 6.42 Å². The van der Waals surface area contributed by atoms with Crippen molar-refractivity contribution in [3.8, 4) is 0 Å². The van der Waals surface area contributed by atoms with Crippen molar-refractivity contribution in [3.05, 3.63) is 0 Å². The van der Waals surface area contributed by atoms with Crippen LogP contribution in [-0.4, -0.2) is 11.1 Å². The summed E-state index contributed by atoms with van der Waals surface area (Å²) < 4.78 is 0. The highest BCUT2D eigenvalue weighted by molar-refractivity contribution is 5.66. The molecule has 1 atom stereocenters. The Morgan fingerprint density at radius 2 is 1.00 bits per heavy atom. The lowest BCUT2D eigenvalue weighted by Crippen LogP contribution is -2.03. The number of carbonyl (C=O) groups is 1. The molecule has 1 unspecified atom stereocenters. The van der Waals surface area contributed by atoms with Gasteiger partial charge in [-0.15, -0.1) is 0 Å². The molecule has 26 heavy (non-hydrogen) atoms. The van der Waals surface area contributed by atoms with Crippen molar-refractivity contribution in [2.75, 3.05) is 0 Å². The van der Waals surface area contributed by atoms with Crippen LogP contribution in [0.15, 0.2) is 0 Å². The third-order valence-corrected chi connectivity index (χ3v) is 5.81. The van der Waals surface area contributed by atoms with E-state index in [-0.39, 0.29) is 0 Å². The predicted octanol–water partition coefficient (Wildman–Crippen LogP) is 8.53. The van der Waals surface area contributed by atoms with Gasteiger partial charge in [-0.3, -0.25) is 4.79 Å². The van der Waals surface area contributed by atoms with Crippen molar-refractivity contribution in [3.63, 3.8) is 0 Å². The van der Waals surface area contributed by atoms with Crippen molar-refractivity contribution in [1.82, 2.24) is 0 Å². The Balaban J connectivity index is 3.18. The van der Waals surface area contributed by atoms with Gasteiger partial charge in [0.05, 0.1) is 0 Å². The predicted molar refractivity (Wildman–Crippen MR) is 115 cm³/mol. The molecule has 0 saturated carbocycles. The lowest BCUT2D eigenvalue weighted by atomic mass is 9.93. The van der Waals surface area contributed by atoms with E-state index in [0.29, 0.717) is 12.3 Å². The van der Waals surface area contributed by atoms with Crippen LogP contribution in [0.1, 0.15) is 142 Å². The summed E-state index contributed by atoms with van der Waals surface area (Å²) in [6, 6.07) is 0. The minimum absolute atomic E-state index is 0.345. The van der Waals surface area contributed by atoms with Gasteiger partial charge >= 0.3 is 5.97 Å². The average molecular weight is 369 g/mol. The zero-order chi connectivity index (χ0) is 19.3. The van der Waals surface area contributed by atoms with Crippen LogP contribution in [0.25, 0.3) is 0 Å². The lowest BCUT2D eigenvalue weighted by Gasteiger charge is -2.13. The SMILES string of the molecule is CCCCCCCCCCCCCCCCCCC(CC)CCC(=O)O. The van der Waals surface area contributed by atoms with E-state index in [1.807, 2.05) is 0 Å². The van der Waals surface area contributed by atoms with E-state index >= 15 is 0 Å². The fraction of sp³-hybridized carbons (Fsp3) is 0.958. The molecular formula is C24H48O2. The molecule has 0 aliphatic heterocycles. The monoisotopic (exact) mass is 368 g/mol. The zero-order valence-corrected chi connectivity index (χ0v) is 18.1. The summed E-state index contributed by atoms with van der Waals surface area (Å²) in [5.41, 5.74) is 0. The third kappa shape index (κ3) is 19.8. The summed E-state index contributed by atoms with van der Waals surface area (Å²) >= 11 is 0. The standard InChI is InChI=1S/C24H48O2/c1-3-5-6-7-8-9-10-11-12-13-14-15-16-17-18-19-20-23(4-2)21-22-24(25)26/h23H,3-22H2,1-2H3,(H,25,26). The molecular weight excluding hydrogens is 320 g/mol. The number of carboxylic acids is 1. The van der Waals surface area contributed by atoms with E-state index < -0.39 is 5.97 Å². The normalized spacial score (nSPS) is 12.4. The molecule has 0 aliphatic carbocycles. The fourth-order valence-corrected chi connectivity index (χ4v) is 3.86. The molecule has 0 aliphatic rings. The highest BCUT2D eigenvalue weighted by Crippen LogP contribution is 2.20. The Morgan fingerprint density at radius 1 is 0.615 bits per heavy atom. The molecule has 0 spiro atoms. The van der Waals surface area contributed by atoms with Crippen LogP contribution >= 0.6 is 0 Å². The summed E-state index contributed by atoms with van der Waals surface area (Å²) in [4.78, 5) is 10.6. The van der Waals surface area contributed by atoms with E-state index in [4.69, 9.17) is 5.11 Å².